The van der Waals surface area contributed by atoms with Crippen molar-refractivity contribution >= 4 is 41.3 Å². The van der Waals surface area contributed by atoms with Gasteiger partial charge in [0.25, 0.3) is 11.8 Å². The monoisotopic (exact) mass is 608 g/mol. The molecule has 5 amide bonds. The predicted octanol–water partition coefficient (Wildman–Crippen LogP) is 3.97. The van der Waals surface area contributed by atoms with E-state index in [2.05, 4.69) is 16.0 Å². The number of amides is 5. The van der Waals surface area contributed by atoms with Gasteiger partial charge in [0, 0.05) is 24.8 Å². The van der Waals surface area contributed by atoms with Gasteiger partial charge in [0.1, 0.15) is 12.1 Å². The molecule has 1 heterocycles. The lowest BCUT2D eigenvalue weighted by atomic mass is 10.0. The van der Waals surface area contributed by atoms with Crippen molar-refractivity contribution in [3.05, 3.63) is 71.3 Å². The Morgan fingerprint density at radius 1 is 0.814 bits per heavy atom. The molecule has 232 valence electrons. The Labute approximate surface area is 258 Å². The second kappa shape index (κ2) is 15.2. The van der Waals surface area contributed by atoms with Crippen molar-refractivity contribution in [3.8, 4) is 0 Å². The smallest absolute Gasteiger partial charge is 0.261 e. The Bertz CT molecular complexity index is 1270. The molecule has 10 heteroatoms. The largest absolute Gasteiger partial charge is 0.357 e. The summed E-state index contributed by atoms with van der Waals surface area (Å²) in [6, 6.07) is 14.6. The summed E-state index contributed by atoms with van der Waals surface area (Å²) < 4.78 is -0.257. The molecule has 3 atom stereocenters. The van der Waals surface area contributed by atoms with Crippen LogP contribution in [0.4, 0.5) is 0 Å². The van der Waals surface area contributed by atoms with Gasteiger partial charge in [0.05, 0.1) is 16.4 Å². The summed E-state index contributed by atoms with van der Waals surface area (Å²) >= 11 is 1.48. The van der Waals surface area contributed by atoms with Crippen LogP contribution in [-0.4, -0.2) is 70.1 Å². The SMILES string of the molecule is CNC(=O)[C@H](Cc1ccccc1)NC(=O)C(CC(C)C)NC(=O)C(CCCN1C(=O)c2ccccc2C1=O)SC(C)(C)C. The second-order valence-corrected chi connectivity index (χ2v) is 14.3. The molecule has 2 aromatic rings. The Hall–Kier alpha value is -3.66. The van der Waals surface area contributed by atoms with Gasteiger partial charge >= 0.3 is 0 Å². The first kappa shape index (κ1) is 33.8. The predicted molar refractivity (Wildman–Crippen MR) is 170 cm³/mol. The number of benzene rings is 2. The highest BCUT2D eigenvalue weighted by molar-refractivity contribution is 8.01. The third kappa shape index (κ3) is 9.68. The molecule has 2 aromatic carbocycles. The molecule has 0 fully saturated rings. The van der Waals surface area contributed by atoms with Crippen LogP contribution < -0.4 is 16.0 Å². The molecule has 9 nitrogen and oxygen atoms in total. The third-order valence-electron chi connectivity index (χ3n) is 7.02. The van der Waals surface area contributed by atoms with Gasteiger partial charge in [0.2, 0.25) is 17.7 Å². The number of nitrogens with zero attached hydrogens (tertiary/aromatic N) is 1. The minimum atomic E-state index is -0.838. The molecule has 3 rings (SSSR count). The van der Waals surface area contributed by atoms with E-state index in [1.165, 1.54) is 23.7 Å². The molecule has 1 aliphatic rings. The zero-order valence-electron chi connectivity index (χ0n) is 25.9. The Morgan fingerprint density at radius 2 is 1.37 bits per heavy atom. The van der Waals surface area contributed by atoms with Crippen LogP contribution in [0.25, 0.3) is 0 Å². The van der Waals surface area contributed by atoms with Crippen LogP contribution in [0, 0.1) is 5.92 Å². The number of hydrogen-bond acceptors (Lipinski definition) is 6. The van der Waals surface area contributed by atoms with Crippen molar-refractivity contribution in [2.75, 3.05) is 13.6 Å². The molecule has 0 spiro atoms. The van der Waals surface area contributed by atoms with Gasteiger partial charge in [-0.2, -0.15) is 0 Å². The first-order valence-electron chi connectivity index (χ1n) is 14.8. The maximum atomic E-state index is 13.7. The lowest BCUT2D eigenvalue weighted by Gasteiger charge is -2.29. The van der Waals surface area contributed by atoms with Gasteiger partial charge in [-0.15, -0.1) is 11.8 Å². The molecule has 43 heavy (non-hydrogen) atoms. The van der Waals surface area contributed by atoms with Gasteiger partial charge in [-0.25, -0.2) is 0 Å². The molecule has 0 saturated carbocycles. The fourth-order valence-electron chi connectivity index (χ4n) is 5.02. The molecular formula is C33H44N4O5S. The Kier molecular flexibility index (Phi) is 11.9. The zero-order valence-corrected chi connectivity index (χ0v) is 26.8. The first-order chi connectivity index (χ1) is 20.3. The van der Waals surface area contributed by atoms with E-state index >= 15 is 0 Å². The van der Waals surface area contributed by atoms with E-state index in [0.717, 1.165) is 5.56 Å². The average molecular weight is 609 g/mol. The quantitative estimate of drug-likeness (QED) is 0.279. The number of imide groups is 1. The molecule has 0 bridgehead atoms. The summed E-state index contributed by atoms with van der Waals surface area (Å²) in [6.45, 7) is 10.2. The Balaban J connectivity index is 1.70. The number of thioether (sulfide) groups is 1. The maximum absolute atomic E-state index is 13.7. The van der Waals surface area contributed by atoms with Crippen LogP contribution >= 0.6 is 11.8 Å². The molecular weight excluding hydrogens is 564 g/mol. The highest BCUT2D eigenvalue weighted by atomic mass is 32.2. The number of nitrogens with one attached hydrogen (secondary N) is 3. The van der Waals surface area contributed by atoms with Gasteiger partial charge < -0.3 is 16.0 Å². The maximum Gasteiger partial charge on any atom is 0.261 e. The summed E-state index contributed by atoms with van der Waals surface area (Å²) in [5.41, 5.74) is 1.70. The van der Waals surface area contributed by atoms with Crippen LogP contribution in [0.1, 0.15) is 80.2 Å². The summed E-state index contributed by atoms with van der Waals surface area (Å²) in [4.78, 5) is 66.7. The number of fused-ring (bicyclic) bond motifs is 1. The fourth-order valence-corrected chi connectivity index (χ4v) is 6.33. The summed E-state index contributed by atoms with van der Waals surface area (Å²) in [5, 5.41) is 7.92. The molecule has 1 aliphatic heterocycles. The van der Waals surface area contributed by atoms with Crippen LogP contribution in [0.2, 0.25) is 0 Å². The second-order valence-electron chi connectivity index (χ2n) is 12.2. The lowest BCUT2D eigenvalue weighted by molar-refractivity contribution is -0.132. The van der Waals surface area contributed by atoms with Gasteiger partial charge in [0.15, 0.2) is 0 Å². The number of rotatable bonds is 14. The first-order valence-corrected chi connectivity index (χ1v) is 15.7. The highest BCUT2D eigenvalue weighted by Gasteiger charge is 2.36. The molecule has 0 aromatic heterocycles. The zero-order chi connectivity index (χ0) is 31.7. The van der Waals surface area contributed by atoms with Crippen molar-refractivity contribution in [1.29, 1.82) is 0 Å². The highest BCUT2D eigenvalue weighted by Crippen LogP contribution is 2.31. The van der Waals surface area contributed by atoms with Crippen molar-refractivity contribution < 1.29 is 24.0 Å². The van der Waals surface area contributed by atoms with Crippen LogP contribution in [-0.2, 0) is 20.8 Å². The van der Waals surface area contributed by atoms with Gasteiger partial charge in [-0.1, -0.05) is 77.1 Å². The minimum absolute atomic E-state index is 0.103. The van der Waals surface area contributed by atoms with E-state index < -0.39 is 23.2 Å². The fraction of sp³-hybridized carbons (Fsp3) is 0.485. The molecule has 0 radical (unpaired) electrons. The van der Waals surface area contributed by atoms with E-state index in [1.54, 1.807) is 24.3 Å². The number of carbonyl (C=O) groups excluding carboxylic acids is 5. The van der Waals surface area contributed by atoms with Crippen LogP contribution in [0.15, 0.2) is 54.6 Å². The molecule has 0 aliphatic carbocycles. The summed E-state index contributed by atoms with van der Waals surface area (Å²) in [5.74, 6) is -1.56. The number of likely N-dealkylation sites (N-methyl/N-ethyl adjacent to an activating group) is 1. The van der Waals surface area contributed by atoms with E-state index in [-0.39, 0.29) is 40.8 Å². The van der Waals surface area contributed by atoms with Crippen molar-refractivity contribution in [3.63, 3.8) is 0 Å². The van der Waals surface area contributed by atoms with Crippen molar-refractivity contribution in [2.45, 2.75) is 82.4 Å². The van der Waals surface area contributed by atoms with Crippen LogP contribution in [0.3, 0.4) is 0 Å². The van der Waals surface area contributed by atoms with E-state index in [1.807, 2.05) is 65.0 Å². The van der Waals surface area contributed by atoms with E-state index in [0.29, 0.717) is 36.8 Å². The topological polar surface area (TPSA) is 125 Å². The van der Waals surface area contributed by atoms with Crippen LogP contribution in [0.5, 0.6) is 0 Å². The Morgan fingerprint density at radius 3 is 1.91 bits per heavy atom. The molecule has 0 saturated heterocycles. The number of carbonyl (C=O) groups is 5. The third-order valence-corrected chi connectivity index (χ3v) is 8.46. The molecule has 3 N–H and O–H groups in total. The number of hydrogen-bond donors (Lipinski definition) is 3. The van der Waals surface area contributed by atoms with E-state index in [9.17, 15) is 24.0 Å². The summed E-state index contributed by atoms with van der Waals surface area (Å²) in [6.07, 6.45) is 1.55. The standard InChI is InChI=1S/C33H44N4O5S/c1-21(2)19-25(29(39)35-26(28(38)34-6)20-22-13-8-7-9-14-22)36-30(40)27(43-33(3,4)5)17-12-18-37-31(41)23-15-10-11-16-24(23)32(37)42/h7-11,13-16,21,25-27H,12,17-20H2,1-6H3,(H,34,38)(H,35,39)(H,36,40)/t25?,26-,27?/m0/s1. The lowest BCUT2D eigenvalue weighted by Crippen LogP contribution is -2.55. The minimum Gasteiger partial charge on any atom is -0.357 e. The summed E-state index contributed by atoms with van der Waals surface area (Å²) in [7, 11) is 1.52. The van der Waals surface area contributed by atoms with E-state index in [4.69, 9.17) is 0 Å². The average Bonchev–Trinajstić information content (AvgIpc) is 3.20. The normalized spacial score (nSPS) is 15.1. The van der Waals surface area contributed by atoms with Crippen molar-refractivity contribution in [2.24, 2.45) is 5.92 Å². The van der Waals surface area contributed by atoms with Gasteiger partial charge in [-0.05, 0) is 42.9 Å². The van der Waals surface area contributed by atoms with Gasteiger partial charge in [-0.3, -0.25) is 28.9 Å². The molecule has 2 unspecified atom stereocenters. The van der Waals surface area contributed by atoms with Crippen molar-refractivity contribution in [1.82, 2.24) is 20.9 Å².